The first-order valence-corrected chi connectivity index (χ1v) is 13.9. The minimum Gasteiger partial charge on any atom is -0.445 e. The van der Waals surface area contributed by atoms with Crippen LogP contribution in [0.1, 0.15) is 42.7 Å². The van der Waals surface area contributed by atoms with Crippen molar-refractivity contribution in [2.75, 3.05) is 24.1 Å². The Kier molecular flexibility index (Phi) is 10.1. The number of carbonyl (C=O) groups is 3. The van der Waals surface area contributed by atoms with Crippen LogP contribution in [0.2, 0.25) is 0 Å². The van der Waals surface area contributed by atoms with E-state index in [1.54, 1.807) is 30.3 Å². The number of likely N-dealkylation sites (tertiary alicyclic amines) is 1. The summed E-state index contributed by atoms with van der Waals surface area (Å²) in [5.74, 6) is -13.7. The first-order valence-electron chi connectivity index (χ1n) is 13.9. The summed E-state index contributed by atoms with van der Waals surface area (Å²) in [6.45, 7) is -2.51. The van der Waals surface area contributed by atoms with Crippen LogP contribution in [0.5, 0.6) is 0 Å². The summed E-state index contributed by atoms with van der Waals surface area (Å²) >= 11 is 0. The highest BCUT2D eigenvalue weighted by Gasteiger charge is 2.51. The minimum absolute atomic E-state index is 0.169. The first-order chi connectivity index (χ1) is 21.1. The molecule has 0 aromatic heterocycles. The average Bonchev–Trinajstić information content (AvgIpc) is 2.97. The van der Waals surface area contributed by atoms with Crippen molar-refractivity contribution in [3.63, 3.8) is 0 Å². The van der Waals surface area contributed by atoms with E-state index in [-0.39, 0.29) is 19.4 Å². The predicted octanol–water partition coefficient (Wildman–Crippen LogP) is 5.63. The van der Waals surface area contributed by atoms with Crippen molar-refractivity contribution in [2.24, 2.45) is 5.92 Å². The standard InChI is InChI=1S/C29H30F8N4O4/c30-20-17(19(21(31)24(32)33)26(43)41-13-29(36,37)14-41)6-7-18(22(20)38)39-25(42)23(16-8-10-28(34,35)11-9-16)40-27(44)45-12-15-4-2-1-3-5-15/h1-7,16,19,21,23-24H,8-14,38H2,(H,39,42)(H,40,44)/t19?,21?,23-/m0/s1. The maximum atomic E-state index is 15.4. The molecule has 3 atom stereocenters. The van der Waals surface area contributed by atoms with E-state index in [2.05, 4.69) is 10.6 Å². The number of nitrogens with two attached hydrogens (primary N) is 1. The molecular weight excluding hydrogens is 620 g/mol. The van der Waals surface area contributed by atoms with Gasteiger partial charge in [0.15, 0.2) is 12.0 Å². The van der Waals surface area contributed by atoms with Crippen molar-refractivity contribution in [1.82, 2.24) is 10.2 Å². The topological polar surface area (TPSA) is 114 Å². The Labute approximate surface area is 252 Å². The third-order valence-corrected chi connectivity index (χ3v) is 7.79. The number of benzene rings is 2. The van der Waals surface area contributed by atoms with E-state index < -0.39 is 109 Å². The zero-order chi connectivity index (χ0) is 33.1. The fraction of sp³-hybridized carbons (Fsp3) is 0.483. The zero-order valence-corrected chi connectivity index (χ0v) is 23.6. The third kappa shape index (κ3) is 8.14. The molecule has 16 heteroatoms. The first kappa shape index (κ1) is 33.8. The van der Waals surface area contributed by atoms with Gasteiger partial charge in [-0.3, -0.25) is 9.59 Å². The number of hydrogen-bond acceptors (Lipinski definition) is 5. The van der Waals surface area contributed by atoms with Crippen LogP contribution in [0.15, 0.2) is 42.5 Å². The molecule has 2 fully saturated rings. The van der Waals surface area contributed by atoms with Crippen LogP contribution < -0.4 is 16.4 Å². The van der Waals surface area contributed by atoms with Gasteiger partial charge in [0.2, 0.25) is 17.7 Å². The summed E-state index contributed by atoms with van der Waals surface area (Å²) in [5, 5.41) is 4.60. The molecule has 2 unspecified atom stereocenters. The van der Waals surface area contributed by atoms with Gasteiger partial charge in [0, 0.05) is 18.4 Å². The third-order valence-electron chi connectivity index (χ3n) is 7.79. The van der Waals surface area contributed by atoms with E-state index >= 15 is 4.39 Å². The van der Waals surface area contributed by atoms with E-state index in [9.17, 15) is 45.1 Å². The Morgan fingerprint density at radius 2 is 1.58 bits per heavy atom. The number of amides is 3. The van der Waals surface area contributed by atoms with Gasteiger partial charge in [0.05, 0.1) is 24.5 Å². The summed E-state index contributed by atoms with van der Waals surface area (Å²) in [4.78, 5) is 39.0. The maximum Gasteiger partial charge on any atom is 0.408 e. The van der Waals surface area contributed by atoms with E-state index in [0.29, 0.717) is 16.5 Å². The van der Waals surface area contributed by atoms with Crippen LogP contribution in [-0.4, -0.2) is 66.4 Å². The highest BCUT2D eigenvalue weighted by molar-refractivity contribution is 5.99. The highest BCUT2D eigenvalue weighted by atomic mass is 19.3. The van der Waals surface area contributed by atoms with E-state index in [1.807, 2.05) is 0 Å². The van der Waals surface area contributed by atoms with Crippen LogP contribution in [0, 0.1) is 11.7 Å². The molecule has 45 heavy (non-hydrogen) atoms. The van der Waals surface area contributed by atoms with Crippen molar-refractivity contribution in [1.29, 1.82) is 0 Å². The normalized spacial score (nSPS) is 19.6. The Morgan fingerprint density at radius 1 is 0.956 bits per heavy atom. The second-order valence-corrected chi connectivity index (χ2v) is 11.1. The number of hydrogen-bond donors (Lipinski definition) is 3. The van der Waals surface area contributed by atoms with Gasteiger partial charge in [0.25, 0.3) is 12.3 Å². The van der Waals surface area contributed by atoms with E-state index in [1.165, 1.54) is 0 Å². The number of carbonyl (C=O) groups excluding carboxylic acids is 3. The Balaban J connectivity index is 1.54. The number of nitrogens with zero attached hydrogens (tertiary/aromatic N) is 1. The fourth-order valence-corrected chi connectivity index (χ4v) is 5.31. The molecule has 2 aromatic rings. The number of nitrogen functional groups attached to an aromatic ring is 1. The number of alkyl carbamates (subject to hydrolysis) is 1. The number of alkyl halides is 7. The van der Waals surface area contributed by atoms with Crippen LogP contribution in [0.3, 0.4) is 0 Å². The molecule has 3 amide bonds. The summed E-state index contributed by atoms with van der Waals surface area (Å²) in [5.41, 5.74) is 4.07. The van der Waals surface area contributed by atoms with Crippen LogP contribution in [0.25, 0.3) is 0 Å². The van der Waals surface area contributed by atoms with E-state index in [0.717, 1.165) is 6.07 Å². The molecule has 1 aliphatic carbocycles. The molecule has 246 valence electrons. The van der Waals surface area contributed by atoms with Gasteiger partial charge in [-0.05, 0) is 30.4 Å². The molecule has 1 heterocycles. The van der Waals surface area contributed by atoms with Gasteiger partial charge < -0.3 is 26.0 Å². The highest BCUT2D eigenvalue weighted by Crippen LogP contribution is 2.40. The van der Waals surface area contributed by atoms with Gasteiger partial charge in [0.1, 0.15) is 18.6 Å². The van der Waals surface area contributed by atoms with Crippen molar-refractivity contribution in [3.05, 3.63) is 59.4 Å². The number of anilines is 2. The van der Waals surface area contributed by atoms with Crippen LogP contribution >= 0.6 is 0 Å². The molecule has 0 bridgehead atoms. The van der Waals surface area contributed by atoms with Gasteiger partial charge in [-0.25, -0.2) is 39.9 Å². The second kappa shape index (κ2) is 13.5. The number of halogens is 8. The molecule has 1 aliphatic heterocycles. The lowest BCUT2D eigenvalue weighted by Gasteiger charge is -2.41. The smallest absolute Gasteiger partial charge is 0.408 e. The summed E-state index contributed by atoms with van der Waals surface area (Å²) in [6, 6.07) is 8.62. The number of rotatable bonds is 10. The quantitative estimate of drug-likeness (QED) is 0.228. The number of ether oxygens (including phenoxy) is 1. The van der Waals surface area contributed by atoms with Crippen molar-refractivity contribution < 1.29 is 54.2 Å². The summed E-state index contributed by atoms with van der Waals surface area (Å²) < 4.78 is 116. The van der Waals surface area contributed by atoms with Gasteiger partial charge >= 0.3 is 6.09 Å². The predicted molar refractivity (Wildman–Crippen MR) is 145 cm³/mol. The van der Waals surface area contributed by atoms with Crippen molar-refractivity contribution >= 4 is 29.3 Å². The lowest BCUT2D eigenvalue weighted by Crippen LogP contribution is -2.60. The molecule has 1 saturated heterocycles. The lowest BCUT2D eigenvalue weighted by atomic mass is 9.81. The monoisotopic (exact) mass is 650 g/mol. The zero-order valence-electron chi connectivity index (χ0n) is 23.6. The largest absolute Gasteiger partial charge is 0.445 e. The van der Waals surface area contributed by atoms with Gasteiger partial charge in [-0.2, -0.15) is 0 Å². The molecular formula is C29H30F8N4O4. The molecule has 0 spiro atoms. The van der Waals surface area contributed by atoms with Crippen molar-refractivity contribution in [3.8, 4) is 0 Å². The molecule has 4 N–H and O–H groups in total. The molecule has 1 saturated carbocycles. The molecule has 0 radical (unpaired) electrons. The lowest BCUT2D eigenvalue weighted by molar-refractivity contribution is -0.170. The van der Waals surface area contributed by atoms with Gasteiger partial charge in [-0.1, -0.05) is 36.4 Å². The Bertz CT molecular complexity index is 1380. The summed E-state index contributed by atoms with van der Waals surface area (Å²) in [6.07, 6.45) is -9.58. The molecule has 4 rings (SSSR count). The summed E-state index contributed by atoms with van der Waals surface area (Å²) in [7, 11) is 0. The Morgan fingerprint density at radius 3 is 2.16 bits per heavy atom. The van der Waals surface area contributed by atoms with E-state index in [4.69, 9.17) is 10.5 Å². The number of nitrogens with one attached hydrogen (secondary N) is 2. The SMILES string of the molecule is Nc1c(NC(=O)[C@@H](NC(=O)OCc2ccccc2)C2CCC(F)(F)CC2)ccc(C(C(=O)N2CC(F)(F)C2)C(F)C(F)F)c1F. The fourth-order valence-electron chi connectivity index (χ4n) is 5.31. The van der Waals surface area contributed by atoms with Crippen molar-refractivity contribution in [2.45, 2.75) is 68.7 Å². The minimum atomic E-state index is -3.78. The second-order valence-electron chi connectivity index (χ2n) is 11.1. The van der Waals surface area contributed by atoms with Crippen LogP contribution in [-0.2, 0) is 20.9 Å². The Hall–Kier alpha value is -4.11. The van der Waals surface area contributed by atoms with Crippen LogP contribution in [0.4, 0.5) is 51.3 Å². The van der Waals surface area contributed by atoms with Gasteiger partial charge in [-0.15, -0.1) is 0 Å². The molecule has 2 aliphatic rings. The molecule has 8 nitrogen and oxygen atoms in total. The average molecular weight is 651 g/mol. The maximum absolute atomic E-state index is 15.4. The molecule has 2 aromatic carbocycles.